The highest BCUT2D eigenvalue weighted by Crippen LogP contribution is 2.29. The summed E-state index contributed by atoms with van der Waals surface area (Å²) in [5, 5.41) is 15.6. The summed E-state index contributed by atoms with van der Waals surface area (Å²) >= 11 is 7.74. The van der Waals surface area contributed by atoms with E-state index in [1.54, 1.807) is 17.8 Å². The minimum Gasteiger partial charge on any atom is -0.478 e. The molecule has 0 aliphatic carbocycles. The van der Waals surface area contributed by atoms with Gasteiger partial charge in [-0.15, -0.1) is 0 Å². The molecule has 24 heavy (non-hydrogen) atoms. The van der Waals surface area contributed by atoms with Crippen molar-refractivity contribution in [1.82, 2.24) is 0 Å². The van der Waals surface area contributed by atoms with E-state index in [9.17, 15) is 9.59 Å². The summed E-state index contributed by atoms with van der Waals surface area (Å²) < 4.78 is 0. The Morgan fingerprint density at radius 2 is 2.00 bits per heavy atom. The van der Waals surface area contributed by atoms with Crippen LogP contribution in [-0.4, -0.2) is 28.8 Å². The molecule has 2 aromatic rings. The number of rotatable bonds is 5. The Bertz CT molecular complexity index is 797. The summed E-state index contributed by atoms with van der Waals surface area (Å²) in [6.07, 6.45) is 0. The average Bonchev–Trinajstić information content (AvgIpc) is 2.56. The summed E-state index contributed by atoms with van der Waals surface area (Å²) in [4.78, 5) is 23.2. The lowest BCUT2D eigenvalue weighted by Crippen LogP contribution is -2.40. The van der Waals surface area contributed by atoms with Gasteiger partial charge in [-0.2, -0.15) is 11.8 Å². The normalized spacial score (nSPS) is 16.0. The van der Waals surface area contributed by atoms with E-state index in [4.69, 9.17) is 16.7 Å². The molecule has 0 bridgehead atoms. The lowest BCUT2D eigenvalue weighted by atomic mass is 10.1. The number of thioether (sulfide) groups is 1. The van der Waals surface area contributed by atoms with Crippen molar-refractivity contribution in [2.75, 3.05) is 16.4 Å². The lowest BCUT2D eigenvalue weighted by Gasteiger charge is -2.26. The van der Waals surface area contributed by atoms with Crippen LogP contribution in [0.3, 0.4) is 0 Å². The van der Waals surface area contributed by atoms with Crippen molar-refractivity contribution in [3.8, 4) is 0 Å². The average molecular weight is 363 g/mol. The number of carboxylic acid groups (broad SMARTS) is 1. The van der Waals surface area contributed by atoms with Gasteiger partial charge in [0, 0.05) is 16.5 Å². The number of benzene rings is 2. The van der Waals surface area contributed by atoms with Gasteiger partial charge in [0.2, 0.25) is 5.91 Å². The van der Waals surface area contributed by atoms with Crippen molar-refractivity contribution in [2.24, 2.45) is 0 Å². The van der Waals surface area contributed by atoms with Gasteiger partial charge in [0.15, 0.2) is 0 Å². The van der Waals surface area contributed by atoms with Gasteiger partial charge in [-0.05, 0) is 29.8 Å². The Hall–Kier alpha value is -2.18. The zero-order valence-electron chi connectivity index (χ0n) is 12.6. The molecule has 0 saturated heterocycles. The molecule has 0 radical (unpaired) electrons. The summed E-state index contributed by atoms with van der Waals surface area (Å²) in [6, 6.07) is 11.9. The molecule has 0 unspecified atom stereocenters. The van der Waals surface area contributed by atoms with Gasteiger partial charge >= 0.3 is 5.97 Å². The molecule has 7 heteroatoms. The number of halogens is 1. The van der Waals surface area contributed by atoms with Crippen molar-refractivity contribution in [2.45, 2.75) is 11.8 Å². The zero-order valence-corrected chi connectivity index (χ0v) is 14.2. The predicted molar refractivity (Wildman–Crippen MR) is 97.1 cm³/mol. The van der Waals surface area contributed by atoms with Gasteiger partial charge in [0.25, 0.3) is 0 Å². The highest BCUT2D eigenvalue weighted by Gasteiger charge is 2.26. The summed E-state index contributed by atoms with van der Waals surface area (Å²) in [6.45, 7) is 0. The van der Waals surface area contributed by atoms with Crippen LogP contribution in [0, 0.1) is 0 Å². The maximum atomic E-state index is 12.2. The van der Waals surface area contributed by atoms with E-state index in [0.717, 1.165) is 22.0 Å². The van der Waals surface area contributed by atoms with Crippen LogP contribution in [0.25, 0.3) is 0 Å². The van der Waals surface area contributed by atoms with E-state index in [-0.39, 0.29) is 17.5 Å². The van der Waals surface area contributed by atoms with Gasteiger partial charge in [-0.3, -0.25) is 4.79 Å². The van der Waals surface area contributed by atoms with E-state index in [1.165, 1.54) is 12.1 Å². The van der Waals surface area contributed by atoms with E-state index in [0.29, 0.717) is 11.4 Å². The number of fused-ring (bicyclic) bond motifs is 1. The van der Waals surface area contributed by atoms with Crippen molar-refractivity contribution in [3.05, 3.63) is 58.6 Å². The summed E-state index contributed by atoms with van der Waals surface area (Å²) in [5.41, 5.74) is 2.39. The largest absolute Gasteiger partial charge is 0.478 e. The first-order chi connectivity index (χ1) is 11.5. The molecule has 1 atom stereocenters. The highest BCUT2D eigenvalue weighted by atomic mass is 35.5. The monoisotopic (exact) mass is 362 g/mol. The Balaban J connectivity index is 1.63. The van der Waals surface area contributed by atoms with Gasteiger partial charge in [0.05, 0.1) is 16.9 Å². The second-order valence-corrected chi connectivity index (χ2v) is 6.80. The number of anilines is 2. The molecule has 2 aromatic carbocycles. The highest BCUT2D eigenvalue weighted by molar-refractivity contribution is 7.98. The van der Waals surface area contributed by atoms with Crippen LogP contribution < -0.4 is 10.6 Å². The molecular weight excluding hydrogens is 348 g/mol. The fraction of sp³-hybridized carbons (Fsp3) is 0.176. The maximum Gasteiger partial charge on any atom is 0.335 e. The van der Waals surface area contributed by atoms with Crippen molar-refractivity contribution in [3.63, 3.8) is 0 Å². The third kappa shape index (κ3) is 3.66. The molecule has 0 aromatic heterocycles. The van der Waals surface area contributed by atoms with Crippen molar-refractivity contribution < 1.29 is 14.7 Å². The first-order valence-corrected chi connectivity index (χ1v) is 8.84. The van der Waals surface area contributed by atoms with Crippen LogP contribution in [0.4, 0.5) is 11.4 Å². The van der Waals surface area contributed by atoms with E-state index >= 15 is 0 Å². The number of hydrogen-bond donors (Lipinski definition) is 3. The molecule has 1 amide bonds. The van der Waals surface area contributed by atoms with E-state index < -0.39 is 5.97 Å². The number of amides is 1. The van der Waals surface area contributed by atoms with Crippen LogP contribution in [0.5, 0.6) is 0 Å². The van der Waals surface area contributed by atoms with Crippen LogP contribution in [0.2, 0.25) is 5.02 Å². The fourth-order valence-corrected chi connectivity index (χ4v) is 3.74. The smallest absolute Gasteiger partial charge is 0.335 e. The minimum absolute atomic E-state index is 0.141. The number of hydrogen-bond acceptors (Lipinski definition) is 4. The van der Waals surface area contributed by atoms with E-state index in [1.807, 2.05) is 24.3 Å². The minimum atomic E-state index is -1.02. The van der Waals surface area contributed by atoms with Gasteiger partial charge < -0.3 is 15.7 Å². The fourth-order valence-electron chi connectivity index (χ4n) is 2.40. The zero-order chi connectivity index (χ0) is 17.1. The molecule has 1 aliphatic heterocycles. The first kappa shape index (κ1) is 16.7. The Kier molecular flexibility index (Phi) is 4.97. The summed E-state index contributed by atoms with van der Waals surface area (Å²) in [5.74, 6) is 0.105. The third-order valence-corrected chi connectivity index (χ3v) is 5.12. The number of carbonyl (C=O) groups excluding carboxylic acids is 1. The van der Waals surface area contributed by atoms with Crippen molar-refractivity contribution >= 4 is 46.6 Å². The molecule has 0 spiro atoms. The number of nitrogens with one attached hydrogen (secondary N) is 2. The topological polar surface area (TPSA) is 78.4 Å². The third-order valence-electron chi connectivity index (χ3n) is 3.67. The Morgan fingerprint density at radius 1 is 1.21 bits per heavy atom. The van der Waals surface area contributed by atoms with Crippen LogP contribution in [0.1, 0.15) is 15.9 Å². The molecular formula is C17H15ClN2O3S. The lowest BCUT2D eigenvalue weighted by molar-refractivity contribution is -0.116. The molecule has 1 aliphatic rings. The maximum absolute atomic E-state index is 12.2. The van der Waals surface area contributed by atoms with Crippen LogP contribution in [-0.2, 0) is 10.5 Å². The molecule has 1 heterocycles. The predicted octanol–water partition coefficient (Wildman–Crippen LogP) is 3.70. The number of carbonyl (C=O) groups is 2. The van der Waals surface area contributed by atoms with Gasteiger partial charge in [-0.1, -0.05) is 29.8 Å². The molecule has 3 N–H and O–H groups in total. The second-order valence-electron chi connectivity index (χ2n) is 5.36. The molecule has 124 valence electrons. The van der Waals surface area contributed by atoms with Crippen LogP contribution >= 0.6 is 23.4 Å². The standard InChI is InChI=1S/C17H15ClN2O3S/c18-12-4-2-1-3-11(12)8-24-9-15-16(21)20-14-7-10(17(22)23)5-6-13(14)19-15/h1-7,15,19H,8-9H2,(H,20,21)(H,22,23)/t15-/m0/s1. The van der Waals surface area contributed by atoms with Gasteiger partial charge in [0.1, 0.15) is 6.04 Å². The first-order valence-electron chi connectivity index (χ1n) is 7.30. The second kappa shape index (κ2) is 7.15. The Labute approximate surface area is 148 Å². The molecule has 0 fully saturated rings. The molecule has 3 rings (SSSR count). The molecule has 5 nitrogen and oxygen atoms in total. The SMILES string of the molecule is O=C(O)c1ccc2c(c1)NC(=O)[C@H](CSCc1ccccc1Cl)N2. The summed E-state index contributed by atoms with van der Waals surface area (Å²) in [7, 11) is 0. The van der Waals surface area contributed by atoms with E-state index in [2.05, 4.69) is 10.6 Å². The number of carboxylic acids is 1. The van der Waals surface area contributed by atoms with Gasteiger partial charge in [-0.25, -0.2) is 4.79 Å². The van der Waals surface area contributed by atoms with Crippen molar-refractivity contribution in [1.29, 1.82) is 0 Å². The quantitative estimate of drug-likeness (QED) is 0.755. The molecule has 0 saturated carbocycles. The number of aromatic carboxylic acids is 1. The van der Waals surface area contributed by atoms with Crippen LogP contribution in [0.15, 0.2) is 42.5 Å². The Morgan fingerprint density at radius 3 is 2.75 bits per heavy atom.